The van der Waals surface area contributed by atoms with E-state index < -0.39 is 10.2 Å². The van der Waals surface area contributed by atoms with Gasteiger partial charge in [0.15, 0.2) is 0 Å². The highest BCUT2D eigenvalue weighted by atomic mass is 32.2. The fourth-order valence-corrected chi connectivity index (χ4v) is 3.89. The summed E-state index contributed by atoms with van der Waals surface area (Å²) in [5.41, 5.74) is 0.852. The van der Waals surface area contributed by atoms with Crippen LogP contribution in [0.5, 0.6) is 0 Å². The summed E-state index contributed by atoms with van der Waals surface area (Å²) in [4.78, 5) is 0. The van der Waals surface area contributed by atoms with Crippen LogP contribution in [0.25, 0.3) is 0 Å². The monoisotopic (exact) mass is 275 g/mol. The van der Waals surface area contributed by atoms with E-state index in [1.165, 1.54) is 4.31 Å². The van der Waals surface area contributed by atoms with E-state index in [1.807, 2.05) is 14.0 Å². The summed E-state index contributed by atoms with van der Waals surface area (Å²) in [5, 5.41) is 3.12. The summed E-state index contributed by atoms with van der Waals surface area (Å²) in [6.07, 6.45) is 2.03. The summed E-state index contributed by atoms with van der Waals surface area (Å²) in [6, 6.07) is 0. The SMILES string of the molecule is C=C(C)CN(C)S(=O)(=O)N1CCCC(CNC)C1. The van der Waals surface area contributed by atoms with Crippen LogP contribution < -0.4 is 5.32 Å². The van der Waals surface area contributed by atoms with E-state index >= 15 is 0 Å². The average Bonchev–Trinajstić information content (AvgIpc) is 2.29. The van der Waals surface area contributed by atoms with Crippen molar-refractivity contribution in [1.29, 1.82) is 0 Å². The van der Waals surface area contributed by atoms with Crippen LogP contribution in [0.15, 0.2) is 12.2 Å². The Bertz CT molecular complexity index is 379. The van der Waals surface area contributed by atoms with Crippen LogP contribution in [-0.4, -0.2) is 57.3 Å². The molecule has 0 bridgehead atoms. The summed E-state index contributed by atoms with van der Waals surface area (Å²) >= 11 is 0. The van der Waals surface area contributed by atoms with Gasteiger partial charge in [0.1, 0.15) is 0 Å². The highest BCUT2D eigenvalue weighted by Gasteiger charge is 2.31. The maximum Gasteiger partial charge on any atom is 0.282 e. The van der Waals surface area contributed by atoms with Gasteiger partial charge >= 0.3 is 0 Å². The van der Waals surface area contributed by atoms with Gasteiger partial charge in [-0.05, 0) is 39.3 Å². The van der Waals surface area contributed by atoms with Gasteiger partial charge in [-0.15, -0.1) is 0 Å². The molecule has 0 radical (unpaired) electrons. The number of rotatable bonds is 6. The number of hydrogen-bond acceptors (Lipinski definition) is 3. The molecule has 0 aromatic rings. The Morgan fingerprint density at radius 2 is 2.22 bits per heavy atom. The van der Waals surface area contributed by atoms with Gasteiger partial charge in [-0.1, -0.05) is 12.2 Å². The summed E-state index contributed by atoms with van der Waals surface area (Å²) in [7, 11) is 0.190. The minimum absolute atomic E-state index is 0.384. The van der Waals surface area contributed by atoms with Gasteiger partial charge in [-0.25, -0.2) is 0 Å². The molecular weight excluding hydrogens is 250 g/mol. The topological polar surface area (TPSA) is 52.7 Å². The van der Waals surface area contributed by atoms with Gasteiger partial charge in [0.25, 0.3) is 10.2 Å². The molecule has 0 amide bonds. The molecule has 1 N–H and O–H groups in total. The highest BCUT2D eigenvalue weighted by molar-refractivity contribution is 7.86. The standard InChI is InChI=1S/C12H25N3O2S/c1-11(2)9-14(4)18(16,17)15-7-5-6-12(10-15)8-13-3/h12-13H,1,5-10H2,2-4H3. The number of nitrogens with one attached hydrogen (secondary N) is 1. The van der Waals surface area contributed by atoms with Crippen molar-refractivity contribution in [3.63, 3.8) is 0 Å². The first-order valence-electron chi connectivity index (χ1n) is 6.38. The van der Waals surface area contributed by atoms with Crippen molar-refractivity contribution in [1.82, 2.24) is 13.9 Å². The Morgan fingerprint density at radius 1 is 1.56 bits per heavy atom. The van der Waals surface area contributed by atoms with Crippen molar-refractivity contribution in [2.45, 2.75) is 19.8 Å². The van der Waals surface area contributed by atoms with Crippen molar-refractivity contribution in [2.24, 2.45) is 5.92 Å². The van der Waals surface area contributed by atoms with E-state index in [-0.39, 0.29) is 0 Å². The molecule has 106 valence electrons. The van der Waals surface area contributed by atoms with Gasteiger partial charge in [0.05, 0.1) is 0 Å². The normalized spacial score (nSPS) is 22.3. The zero-order valence-corrected chi connectivity index (χ0v) is 12.5. The van der Waals surface area contributed by atoms with E-state index in [4.69, 9.17) is 0 Å². The molecule has 6 heteroatoms. The first-order chi connectivity index (χ1) is 8.37. The van der Waals surface area contributed by atoms with E-state index in [0.717, 1.165) is 25.0 Å². The smallest absolute Gasteiger partial charge is 0.282 e. The molecule has 0 aromatic carbocycles. The van der Waals surface area contributed by atoms with Crippen molar-refractivity contribution >= 4 is 10.2 Å². The highest BCUT2D eigenvalue weighted by Crippen LogP contribution is 2.20. The summed E-state index contributed by atoms with van der Waals surface area (Å²) in [5.74, 6) is 0.414. The molecular formula is C12H25N3O2S. The third kappa shape index (κ3) is 4.05. The Hall–Kier alpha value is -0.430. The van der Waals surface area contributed by atoms with Crippen molar-refractivity contribution in [2.75, 3.05) is 40.3 Å². The third-order valence-electron chi connectivity index (χ3n) is 3.19. The molecule has 1 fully saturated rings. The van der Waals surface area contributed by atoms with Crippen molar-refractivity contribution in [3.05, 3.63) is 12.2 Å². The van der Waals surface area contributed by atoms with Gasteiger partial charge in [-0.2, -0.15) is 17.0 Å². The number of likely N-dealkylation sites (N-methyl/N-ethyl adjacent to an activating group) is 1. The van der Waals surface area contributed by atoms with Crippen LogP contribution in [-0.2, 0) is 10.2 Å². The quantitative estimate of drug-likeness (QED) is 0.725. The first kappa shape index (κ1) is 15.6. The predicted octanol–water partition coefficient (Wildman–Crippen LogP) is 0.671. The van der Waals surface area contributed by atoms with Crippen LogP contribution in [0, 0.1) is 5.92 Å². The maximum atomic E-state index is 12.4. The lowest BCUT2D eigenvalue weighted by Gasteiger charge is -2.34. The van der Waals surface area contributed by atoms with E-state index in [1.54, 1.807) is 11.4 Å². The molecule has 1 rings (SSSR count). The molecule has 18 heavy (non-hydrogen) atoms. The van der Waals surface area contributed by atoms with E-state index in [9.17, 15) is 8.42 Å². The third-order valence-corrected chi connectivity index (χ3v) is 5.09. The second-order valence-corrected chi connectivity index (χ2v) is 7.18. The number of hydrogen-bond donors (Lipinski definition) is 1. The van der Waals surface area contributed by atoms with Crippen molar-refractivity contribution in [3.8, 4) is 0 Å². The summed E-state index contributed by atoms with van der Waals surface area (Å²) < 4.78 is 27.7. The van der Waals surface area contributed by atoms with Crippen LogP contribution in [0.1, 0.15) is 19.8 Å². The maximum absolute atomic E-state index is 12.4. The second kappa shape index (κ2) is 6.65. The molecule has 0 spiro atoms. The predicted molar refractivity (Wildman–Crippen MR) is 74.6 cm³/mol. The molecule has 1 saturated heterocycles. The van der Waals surface area contributed by atoms with Gasteiger partial charge in [-0.3, -0.25) is 0 Å². The molecule has 1 atom stereocenters. The number of piperidine rings is 1. The zero-order valence-electron chi connectivity index (χ0n) is 11.6. The molecule has 1 aliphatic rings. The van der Waals surface area contributed by atoms with Gasteiger partial charge < -0.3 is 5.32 Å². The fraction of sp³-hybridized carbons (Fsp3) is 0.833. The Kier molecular flexibility index (Phi) is 5.78. The molecule has 1 heterocycles. The van der Waals surface area contributed by atoms with Crippen LogP contribution in [0.4, 0.5) is 0 Å². The first-order valence-corrected chi connectivity index (χ1v) is 7.78. The minimum Gasteiger partial charge on any atom is -0.319 e. The molecule has 1 unspecified atom stereocenters. The molecule has 0 aromatic heterocycles. The molecule has 1 aliphatic heterocycles. The summed E-state index contributed by atoms with van der Waals surface area (Å²) in [6.45, 7) is 8.10. The van der Waals surface area contributed by atoms with E-state index in [2.05, 4.69) is 11.9 Å². The van der Waals surface area contributed by atoms with Crippen LogP contribution in [0.3, 0.4) is 0 Å². The lowest BCUT2D eigenvalue weighted by atomic mass is 10.00. The Balaban J connectivity index is 2.69. The van der Waals surface area contributed by atoms with Crippen molar-refractivity contribution < 1.29 is 8.42 Å². The molecule has 0 saturated carbocycles. The Labute approximate surface area is 111 Å². The van der Waals surface area contributed by atoms with Crippen LogP contribution in [0.2, 0.25) is 0 Å². The second-order valence-electron chi connectivity index (χ2n) is 5.14. The number of nitrogens with zero attached hydrogens (tertiary/aromatic N) is 2. The lowest BCUT2D eigenvalue weighted by Crippen LogP contribution is -2.48. The largest absolute Gasteiger partial charge is 0.319 e. The molecule has 0 aliphatic carbocycles. The van der Waals surface area contributed by atoms with Gasteiger partial charge in [0, 0.05) is 26.7 Å². The average molecular weight is 275 g/mol. The Morgan fingerprint density at radius 3 is 2.78 bits per heavy atom. The van der Waals surface area contributed by atoms with E-state index in [0.29, 0.717) is 25.6 Å². The molecule has 5 nitrogen and oxygen atoms in total. The van der Waals surface area contributed by atoms with Crippen LogP contribution >= 0.6 is 0 Å². The lowest BCUT2D eigenvalue weighted by molar-refractivity contribution is 0.250. The zero-order chi connectivity index (χ0) is 13.8. The minimum atomic E-state index is -3.33. The fourth-order valence-electron chi connectivity index (χ4n) is 2.35. The van der Waals surface area contributed by atoms with Gasteiger partial charge in [0.2, 0.25) is 0 Å².